The normalized spacial score (nSPS) is 14.9. The average Bonchev–Trinajstić information content (AvgIpc) is 2.63. The number of rotatable bonds is 1. The number of hydrogen-bond acceptors (Lipinski definition) is 5. The molecule has 2 rings (SSSR count). The van der Waals surface area contributed by atoms with Crippen molar-refractivity contribution >= 4 is 11.5 Å². The molecule has 0 bridgehead atoms. The van der Waals surface area contributed by atoms with Gasteiger partial charge in [-0.05, 0) is 6.92 Å². The fraction of sp³-hybridized carbons (Fsp3) is 0.500. The fourth-order valence-corrected chi connectivity index (χ4v) is 1.73. The lowest BCUT2D eigenvalue weighted by Gasteiger charge is -2.05. The molecule has 1 aromatic heterocycles. The quantitative estimate of drug-likeness (QED) is 0.523. The van der Waals surface area contributed by atoms with Crippen molar-refractivity contribution in [3.63, 3.8) is 0 Å². The van der Waals surface area contributed by atoms with Crippen LogP contribution in [0.15, 0.2) is 4.99 Å². The van der Waals surface area contributed by atoms with Crippen molar-refractivity contribution in [1.29, 1.82) is 0 Å². The summed E-state index contributed by atoms with van der Waals surface area (Å²) in [5.41, 5.74) is 0.958. The average molecular weight is 209 g/mol. The maximum atomic E-state index is 10.9. The largest absolute Gasteiger partial charge is 0.364 e. The standard InChI is InChI=1S/C8H11N5O2/c1-5-6(13(14)15)7-10-3-4-12(7)8(9-2)11-5/h10H,3-4H2,1-2H3. The van der Waals surface area contributed by atoms with E-state index in [-0.39, 0.29) is 5.69 Å². The van der Waals surface area contributed by atoms with Crippen LogP contribution in [0.25, 0.3) is 0 Å². The van der Waals surface area contributed by atoms with Crippen molar-refractivity contribution in [2.45, 2.75) is 13.5 Å². The topological polar surface area (TPSA) is 85.3 Å². The molecular formula is C8H11N5O2. The molecule has 0 spiro atoms. The van der Waals surface area contributed by atoms with E-state index in [1.165, 1.54) is 0 Å². The van der Waals surface area contributed by atoms with Crippen molar-refractivity contribution in [2.24, 2.45) is 4.99 Å². The van der Waals surface area contributed by atoms with Crippen LogP contribution in [0.4, 0.5) is 11.5 Å². The minimum atomic E-state index is -0.411. The Balaban J connectivity index is 2.80. The van der Waals surface area contributed by atoms with Gasteiger partial charge in [0, 0.05) is 20.1 Å². The maximum absolute atomic E-state index is 10.9. The summed E-state index contributed by atoms with van der Waals surface area (Å²) in [6.07, 6.45) is 0. The Labute approximate surface area is 85.6 Å². The summed E-state index contributed by atoms with van der Waals surface area (Å²) < 4.78 is 1.73. The minimum absolute atomic E-state index is 0.0416. The van der Waals surface area contributed by atoms with Crippen LogP contribution < -0.4 is 10.9 Å². The first-order valence-electron chi connectivity index (χ1n) is 4.57. The predicted octanol–water partition coefficient (Wildman–Crippen LogP) is 0.0557. The van der Waals surface area contributed by atoms with Crippen molar-refractivity contribution < 1.29 is 4.92 Å². The number of nitrogens with zero attached hydrogens (tertiary/aromatic N) is 4. The summed E-state index contributed by atoms with van der Waals surface area (Å²) in [7, 11) is 1.62. The van der Waals surface area contributed by atoms with E-state index < -0.39 is 4.92 Å². The number of fused-ring (bicyclic) bond motifs is 1. The zero-order valence-corrected chi connectivity index (χ0v) is 8.52. The molecule has 1 N–H and O–H groups in total. The second-order valence-electron chi connectivity index (χ2n) is 3.25. The molecule has 0 saturated carbocycles. The number of anilines is 1. The molecule has 0 radical (unpaired) electrons. The fourth-order valence-electron chi connectivity index (χ4n) is 1.73. The molecule has 15 heavy (non-hydrogen) atoms. The van der Waals surface area contributed by atoms with Crippen molar-refractivity contribution in [3.05, 3.63) is 21.4 Å². The number of aromatic nitrogens is 2. The van der Waals surface area contributed by atoms with Crippen LogP contribution in [-0.4, -0.2) is 28.1 Å². The van der Waals surface area contributed by atoms with E-state index in [4.69, 9.17) is 0 Å². The van der Waals surface area contributed by atoms with Crippen LogP contribution in [0.5, 0.6) is 0 Å². The second-order valence-corrected chi connectivity index (χ2v) is 3.25. The number of nitro groups is 1. The molecule has 0 aliphatic carbocycles. The third kappa shape index (κ3) is 1.36. The molecule has 0 unspecified atom stereocenters. The van der Waals surface area contributed by atoms with Gasteiger partial charge in [-0.1, -0.05) is 0 Å². The highest BCUT2D eigenvalue weighted by Gasteiger charge is 2.26. The summed E-state index contributed by atoms with van der Waals surface area (Å²) >= 11 is 0. The summed E-state index contributed by atoms with van der Waals surface area (Å²) in [4.78, 5) is 18.5. The third-order valence-corrected chi connectivity index (χ3v) is 2.36. The maximum Gasteiger partial charge on any atom is 0.330 e. The van der Waals surface area contributed by atoms with E-state index in [9.17, 15) is 10.1 Å². The molecule has 0 aromatic carbocycles. The van der Waals surface area contributed by atoms with Crippen LogP contribution in [0.1, 0.15) is 5.69 Å². The zero-order valence-electron chi connectivity index (χ0n) is 8.52. The Bertz CT molecular complexity index is 491. The van der Waals surface area contributed by atoms with Crippen molar-refractivity contribution in [1.82, 2.24) is 9.55 Å². The third-order valence-electron chi connectivity index (χ3n) is 2.36. The van der Waals surface area contributed by atoms with Gasteiger partial charge >= 0.3 is 5.69 Å². The first kappa shape index (κ1) is 9.63. The lowest BCUT2D eigenvalue weighted by molar-refractivity contribution is -0.385. The van der Waals surface area contributed by atoms with E-state index >= 15 is 0 Å². The van der Waals surface area contributed by atoms with E-state index in [0.717, 1.165) is 0 Å². The van der Waals surface area contributed by atoms with Gasteiger partial charge < -0.3 is 5.32 Å². The van der Waals surface area contributed by atoms with E-state index in [2.05, 4.69) is 15.3 Å². The molecule has 0 atom stereocenters. The molecule has 7 nitrogen and oxygen atoms in total. The zero-order chi connectivity index (χ0) is 11.0. The molecular weight excluding hydrogens is 198 g/mol. The van der Waals surface area contributed by atoms with Gasteiger partial charge in [0.2, 0.25) is 5.62 Å². The van der Waals surface area contributed by atoms with Crippen LogP contribution in [0.3, 0.4) is 0 Å². The Hall–Kier alpha value is -1.92. The highest BCUT2D eigenvalue weighted by molar-refractivity contribution is 5.60. The van der Waals surface area contributed by atoms with Crippen LogP contribution >= 0.6 is 0 Å². The van der Waals surface area contributed by atoms with Crippen molar-refractivity contribution in [3.8, 4) is 0 Å². The smallest absolute Gasteiger partial charge is 0.330 e. The van der Waals surface area contributed by atoms with Gasteiger partial charge in [0.05, 0.1) is 4.92 Å². The summed E-state index contributed by atoms with van der Waals surface area (Å²) in [6.45, 7) is 2.96. The molecule has 0 fully saturated rings. The van der Waals surface area contributed by atoms with Gasteiger partial charge in [-0.2, -0.15) is 0 Å². The highest BCUT2D eigenvalue weighted by Crippen LogP contribution is 2.27. The van der Waals surface area contributed by atoms with Gasteiger partial charge in [0.25, 0.3) is 0 Å². The molecule has 0 saturated heterocycles. The summed E-state index contributed by atoms with van der Waals surface area (Å²) in [5.74, 6) is 0.508. The number of aryl methyl sites for hydroxylation is 1. The molecule has 2 heterocycles. The predicted molar refractivity (Wildman–Crippen MR) is 53.6 cm³/mol. The van der Waals surface area contributed by atoms with Gasteiger partial charge in [-0.15, -0.1) is 0 Å². The van der Waals surface area contributed by atoms with Gasteiger partial charge in [0.15, 0.2) is 5.82 Å². The number of hydrogen-bond donors (Lipinski definition) is 1. The van der Waals surface area contributed by atoms with Crippen LogP contribution in [0.2, 0.25) is 0 Å². The Morgan fingerprint density at radius 2 is 2.40 bits per heavy atom. The Morgan fingerprint density at radius 3 is 3.00 bits per heavy atom. The van der Waals surface area contributed by atoms with Gasteiger partial charge in [0.1, 0.15) is 5.69 Å². The van der Waals surface area contributed by atoms with Crippen molar-refractivity contribution in [2.75, 3.05) is 18.9 Å². The Kier molecular flexibility index (Phi) is 2.14. The molecule has 0 amide bonds. The van der Waals surface area contributed by atoms with E-state index in [1.807, 2.05) is 0 Å². The lowest BCUT2D eigenvalue weighted by Crippen LogP contribution is -2.24. The van der Waals surface area contributed by atoms with Crippen LogP contribution in [0, 0.1) is 17.0 Å². The number of nitrogens with one attached hydrogen (secondary N) is 1. The SMILES string of the molecule is CN=c1nc(C)c([N+](=O)[O-])c2n1CCN2. The second kappa shape index (κ2) is 3.34. The summed E-state index contributed by atoms with van der Waals surface area (Å²) in [6, 6.07) is 0. The summed E-state index contributed by atoms with van der Waals surface area (Å²) in [5, 5.41) is 13.8. The van der Waals surface area contributed by atoms with E-state index in [0.29, 0.717) is 30.2 Å². The molecule has 80 valence electrons. The lowest BCUT2D eigenvalue weighted by atomic mass is 10.3. The first-order valence-corrected chi connectivity index (χ1v) is 4.57. The van der Waals surface area contributed by atoms with Crippen LogP contribution in [-0.2, 0) is 6.54 Å². The molecule has 1 aliphatic rings. The monoisotopic (exact) mass is 209 g/mol. The molecule has 1 aromatic rings. The first-order chi connectivity index (χ1) is 7.15. The van der Waals surface area contributed by atoms with E-state index in [1.54, 1.807) is 18.5 Å². The van der Waals surface area contributed by atoms with Gasteiger partial charge in [-0.3, -0.25) is 19.7 Å². The molecule has 1 aliphatic heterocycles. The minimum Gasteiger partial charge on any atom is -0.364 e. The van der Waals surface area contributed by atoms with Gasteiger partial charge in [-0.25, -0.2) is 4.98 Å². The highest BCUT2D eigenvalue weighted by atomic mass is 16.6. The molecule has 7 heteroatoms. The Morgan fingerprint density at radius 1 is 1.67 bits per heavy atom.